The first-order valence-electron chi connectivity index (χ1n) is 10.1. The first-order chi connectivity index (χ1) is 13.8. The minimum atomic E-state index is -0.480. The van der Waals surface area contributed by atoms with Crippen LogP contribution in [-0.2, 0) is 4.74 Å². The molecule has 2 bridgehead atoms. The molecule has 2 fully saturated rings. The minimum Gasteiger partial charge on any atom is -0.379 e. The molecule has 154 valence electrons. The Labute approximate surface area is 170 Å². The highest BCUT2D eigenvalue weighted by Gasteiger charge is 2.61. The summed E-state index contributed by atoms with van der Waals surface area (Å²) in [5.74, 6) is 0.531. The van der Waals surface area contributed by atoms with Gasteiger partial charge in [0.05, 0.1) is 24.0 Å². The number of piperidine rings is 1. The van der Waals surface area contributed by atoms with Crippen molar-refractivity contribution in [1.82, 2.24) is 14.9 Å². The van der Waals surface area contributed by atoms with Crippen LogP contribution in [-0.4, -0.2) is 45.7 Å². The Hall–Kier alpha value is -2.54. The number of halogens is 1. The van der Waals surface area contributed by atoms with E-state index in [0.29, 0.717) is 17.4 Å². The Morgan fingerprint density at radius 1 is 1.34 bits per heavy atom. The molecule has 7 heteroatoms. The predicted octanol–water partition coefficient (Wildman–Crippen LogP) is 4.40. The summed E-state index contributed by atoms with van der Waals surface area (Å²) in [5, 5.41) is 3.04. The van der Waals surface area contributed by atoms with Crippen molar-refractivity contribution in [3.63, 3.8) is 0 Å². The molecule has 2 aromatic rings. The third-order valence-electron chi connectivity index (χ3n) is 6.49. The van der Waals surface area contributed by atoms with Gasteiger partial charge in [-0.1, -0.05) is 13.0 Å². The average Bonchev–Trinajstić information content (AvgIpc) is 2.68. The first kappa shape index (κ1) is 19.8. The summed E-state index contributed by atoms with van der Waals surface area (Å²) in [7, 11) is 1.71. The number of urea groups is 1. The molecule has 1 aliphatic heterocycles. The van der Waals surface area contributed by atoms with Crippen LogP contribution >= 0.6 is 0 Å². The van der Waals surface area contributed by atoms with Crippen LogP contribution in [0.25, 0.3) is 11.4 Å². The zero-order valence-corrected chi connectivity index (χ0v) is 17.3. The molecule has 2 amide bonds. The Kier molecular flexibility index (Phi) is 5.02. The van der Waals surface area contributed by atoms with Crippen LogP contribution in [0, 0.1) is 18.7 Å². The number of hydrogen-bond donors (Lipinski definition) is 1. The van der Waals surface area contributed by atoms with Gasteiger partial charge in [-0.3, -0.25) is 0 Å². The van der Waals surface area contributed by atoms with E-state index in [-0.39, 0.29) is 23.7 Å². The van der Waals surface area contributed by atoms with Crippen molar-refractivity contribution in [3.8, 4) is 11.4 Å². The summed E-state index contributed by atoms with van der Waals surface area (Å²) < 4.78 is 18.8. The molecule has 1 aliphatic carbocycles. The van der Waals surface area contributed by atoms with Crippen molar-refractivity contribution >= 4 is 11.7 Å². The zero-order valence-electron chi connectivity index (χ0n) is 17.3. The van der Waals surface area contributed by atoms with Gasteiger partial charge in [-0.2, -0.15) is 0 Å². The van der Waals surface area contributed by atoms with E-state index >= 15 is 0 Å². The number of benzene rings is 1. The molecule has 0 radical (unpaired) electrons. The maximum Gasteiger partial charge on any atom is 0.322 e. The third kappa shape index (κ3) is 3.37. The van der Waals surface area contributed by atoms with E-state index in [1.165, 1.54) is 0 Å². The van der Waals surface area contributed by atoms with Crippen molar-refractivity contribution in [2.45, 2.75) is 57.7 Å². The molecule has 2 heterocycles. The van der Waals surface area contributed by atoms with Gasteiger partial charge in [-0.15, -0.1) is 0 Å². The smallest absolute Gasteiger partial charge is 0.322 e. The van der Waals surface area contributed by atoms with E-state index in [9.17, 15) is 9.18 Å². The second-order valence-electron chi connectivity index (χ2n) is 8.44. The summed E-state index contributed by atoms with van der Waals surface area (Å²) in [6.45, 7) is 6.22. The minimum absolute atomic E-state index is 0.0200. The van der Waals surface area contributed by atoms with Gasteiger partial charge in [0.1, 0.15) is 0 Å². The quantitative estimate of drug-likeness (QED) is 0.829. The third-order valence-corrected chi connectivity index (χ3v) is 6.49. The van der Waals surface area contributed by atoms with Crippen LogP contribution in [0.5, 0.6) is 0 Å². The molecule has 6 nitrogen and oxygen atoms in total. The number of hydrogen-bond acceptors (Lipinski definition) is 4. The number of likely N-dealkylation sites (tertiary alicyclic amines) is 1. The lowest BCUT2D eigenvalue weighted by molar-refractivity contribution is -0.155. The van der Waals surface area contributed by atoms with Gasteiger partial charge in [0, 0.05) is 24.4 Å². The fraction of sp³-hybridized carbons (Fsp3) is 0.500. The number of anilines is 1. The summed E-state index contributed by atoms with van der Waals surface area (Å²) in [4.78, 5) is 23.3. The van der Waals surface area contributed by atoms with Crippen LogP contribution < -0.4 is 5.32 Å². The lowest BCUT2D eigenvalue weighted by atomic mass is 9.62. The van der Waals surface area contributed by atoms with Gasteiger partial charge in [0.15, 0.2) is 11.6 Å². The lowest BCUT2D eigenvalue weighted by Crippen LogP contribution is -2.76. The highest BCUT2D eigenvalue weighted by molar-refractivity contribution is 5.92. The van der Waals surface area contributed by atoms with Gasteiger partial charge >= 0.3 is 6.03 Å². The summed E-state index contributed by atoms with van der Waals surface area (Å²) in [6, 6.07) is 5.76. The van der Waals surface area contributed by atoms with E-state index in [4.69, 9.17) is 4.74 Å². The van der Waals surface area contributed by atoms with E-state index < -0.39 is 5.82 Å². The van der Waals surface area contributed by atoms with Gasteiger partial charge in [0.2, 0.25) is 0 Å². The van der Waals surface area contributed by atoms with Gasteiger partial charge in [-0.25, -0.2) is 19.2 Å². The molecular formula is C22H27FN4O2. The number of aryl methyl sites for hydroxylation is 1. The van der Waals surface area contributed by atoms with Crippen LogP contribution in [0.15, 0.2) is 30.6 Å². The van der Waals surface area contributed by atoms with Gasteiger partial charge in [-0.05, 0) is 56.7 Å². The highest BCUT2D eigenvalue weighted by Crippen LogP contribution is 2.52. The zero-order chi connectivity index (χ0) is 20.8. The van der Waals surface area contributed by atoms with Crippen LogP contribution in [0.3, 0.4) is 0 Å². The number of methoxy groups -OCH3 is 1. The predicted molar refractivity (Wildman–Crippen MR) is 109 cm³/mol. The Balaban J connectivity index is 1.57. The van der Waals surface area contributed by atoms with Crippen molar-refractivity contribution in [2.75, 3.05) is 12.4 Å². The number of aromatic nitrogens is 2. The maximum atomic E-state index is 13.2. The maximum absolute atomic E-state index is 13.2. The summed E-state index contributed by atoms with van der Waals surface area (Å²) in [5.41, 5.74) is 2.14. The molecule has 1 aromatic carbocycles. The number of carbonyl (C=O) groups is 1. The monoisotopic (exact) mass is 398 g/mol. The molecule has 1 N–H and O–H groups in total. The normalized spacial score (nSPS) is 26.6. The van der Waals surface area contributed by atoms with Crippen LogP contribution in [0.4, 0.5) is 14.9 Å². The lowest BCUT2D eigenvalue weighted by Gasteiger charge is -2.65. The highest BCUT2D eigenvalue weighted by atomic mass is 19.1. The topological polar surface area (TPSA) is 67.3 Å². The van der Waals surface area contributed by atoms with E-state index in [2.05, 4.69) is 22.2 Å². The van der Waals surface area contributed by atoms with Crippen molar-refractivity contribution in [1.29, 1.82) is 0 Å². The van der Waals surface area contributed by atoms with E-state index in [1.807, 2.05) is 36.9 Å². The number of nitrogens with one attached hydrogen (secondary N) is 1. The Bertz CT molecular complexity index is 920. The SMILES string of the molecule is COC(C)C12CC(C[C@@H](C)C1)N2C(=O)Nc1ccc(C)c(-c2ncc(F)cn2)c1. The van der Waals surface area contributed by atoms with Crippen LogP contribution in [0.2, 0.25) is 0 Å². The summed E-state index contributed by atoms with van der Waals surface area (Å²) in [6.07, 6.45) is 5.23. The fourth-order valence-corrected chi connectivity index (χ4v) is 5.06. The fourth-order valence-electron chi connectivity index (χ4n) is 5.06. The number of amides is 2. The van der Waals surface area contributed by atoms with Crippen molar-refractivity contribution in [3.05, 3.63) is 42.0 Å². The molecule has 3 unspecified atom stereocenters. The molecule has 29 heavy (non-hydrogen) atoms. The van der Waals surface area contributed by atoms with E-state index in [1.54, 1.807) is 7.11 Å². The molecule has 4 atom stereocenters. The molecule has 1 aromatic heterocycles. The Morgan fingerprint density at radius 3 is 2.76 bits per heavy atom. The number of fused-ring (bicyclic) bond motifs is 2. The van der Waals surface area contributed by atoms with Crippen LogP contribution in [0.1, 0.15) is 38.7 Å². The molecule has 2 aliphatic rings. The summed E-state index contributed by atoms with van der Waals surface area (Å²) >= 11 is 0. The van der Waals surface area contributed by atoms with Gasteiger partial charge in [0.25, 0.3) is 0 Å². The largest absolute Gasteiger partial charge is 0.379 e. The molecular weight excluding hydrogens is 371 g/mol. The second kappa shape index (κ2) is 7.37. The molecule has 1 saturated heterocycles. The molecule has 1 saturated carbocycles. The molecule has 0 spiro atoms. The number of rotatable bonds is 4. The standard InChI is InChI=1S/C22H27FN4O2/c1-13-7-18-10-22(9-13,15(3)29-4)27(18)21(28)26-17-6-5-14(2)19(8-17)20-24-11-16(23)12-25-20/h5-6,8,11-13,15,18H,7,9-10H2,1-4H3,(H,26,28)/t13-,15?,18?,22?/m1/s1. The first-order valence-corrected chi connectivity index (χ1v) is 10.1. The average molecular weight is 398 g/mol. The molecule has 4 rings (SSSR count). The number of carbonyl (C=O) groups excluding carboxylic acids is 1. The Morgan fingerprint density at radius 2 is 2.07 bits per heavy atom. The van der Waals surface area contributed by atoms with Crippen molar-refractivity contribution in [2.24, 2.45) is 5.92 Å². The number of ether oxygens (including phenoxy) is 1. The van der Waals surface area contributed by atoms with E-state index in [0.717, 1.165) is 42.8 Å². The van der Waals surface area contributed by atoms with Gasteiger partial charge < -0.3 is 15.0 Å². The van der Waals surface area contributed by atoms with Crippen molar-refractivity contribution < 1.29 is 13.9 Å². The number of nitrogens with zero attached hydrogens (tertiary/aromatic N) is 3. The second-order valence-corrected chi connectivity index (χ2v) is 8.44.